The number of aromatic nitrogens is 2. The zero-order valence-electron chi connectivity index (χ0n) is 18.0. The van der Waals surface area contributed by atoms with Crippen molar-refractivity contribution < 1.29 is 13.6 Å². The summed E-state index contributed by atoms with van der Waals surface area (Å²) in [5.74, 6) is -1.17. The minimum atomic E-state index is -0.630. The normalized spacial score (nSPS) is 12.0. The van der Waals surface area contributed by atoms with Gasteiger partial charge < -0.3 is 4.90 Å². The van der Waals surface area contributed by atoms with Crippen LogP contribution in [0.4, 0.5) is 8.78 Å². The summed E-state index contributed by atoms with van der Waals surface area (Å²) < 4.78 is 29.3. The summed E-state index contributed by atoms with van der Waals surface area (Å²) in [6.45, 7) is 1.93. The maximum atomic E-state index is 14.6. The summed E-state index contributed by atoms with van der Waals surface area (Å²) in [5, 5.41) is -0.0641. The van der Waals surface area contributed by atoms with E-state index >= 15 is 0 Å². The van der Waals surface area contributed by atoms with Gasteiger partial charge in [-0.05, 0) is 48.9 Å². The second-order valence-electron chi connectivity index (χ2n) is 7.59. The first kappa shape index (κ1) is 22.7. The van der Waals surface area contributed by atoms with Gasteiger partial charge in [0.1, 0.15) is 11.6 Å². The summed E-state index contributed by atoms with van der Waals surface area (Å²) in [6.07, 6.45) is 0. The molecule has 8 heteroatoms. The Balaban J connectivity index is 1.69. The lowest BCUT2D eigenvalue weighted by Crippen LogP contribution is -2.33. The molecule has 0 saturated carbocycles. The van der Waals surface area contributed by atoms with Crippen molar-refractivity contribution >= 4 is 28.6 Å². The second kappa shape index (κ2) is 9.54. The van der Waals surface area contributed by atoms with E-state index in [0.717, 1.165) is 11.8 Å². The van der Waals surface area contributed by atoms with E-state index in [2.05, 4.69) is 4.98 Å². The predicted octanol–water partition coefficient (Wildman–Crippen LogP) is 4.80. The Hall–Kier alpha value is -3.52. The number of amides is 1. The molecule has 0 aliphatic heterocycles. The van der Waals surface area contributed by atoms with Crippen molar-refractivity contribution in [1.29, 1.82) is 0 Å². The van der Waals surface area contributed by atoms with Gasteiger partial charge >= 0.3 is 0 Å². The number of benzene rings is 3. The summed E-state index contributed by atoms with van der Waals surface area (Å²) in [6, 6.07) is 18.8. The van der Waals surface area contributed by atoms with Crippen molar-refractivity contribution in [3.05, 3.63) is 100 Å². The van der Waals surface area contributed by atoms with Crippen molar-refractivity contribution in [1.82, 2.24) is 14.5 Å². The highest BCUT2D eigenvalue weighted by Gasteiger charge is 2.23. The molecule has 5 nitrogen and oxygen atoms in total. The molecule has 0 spiro atoms. The zero-order chi connectivity index (χ0) is 23.5. The summed E-state index contributed by atoms with van der Waals surface area (Å²) in [4.78, 5) is 32.3. The Morgan fingerprint density at radius 1 is 1.06 bits per heavy atom. The van der Waals surface area contributed by atoms with Gasteiger partial charge in [-0.1, -0.05) is 48.2 Å². The fraction of sp³-hybridized carbons (Fsp3) is 0.160. The fourth-order valence-electron chi connectivity index (χ4n) is 3.54. The summed E-state index contributed by atoms with van der Waals surface area (Å²) in [5.41, 5.74) is 0.775. The van der Waals surface area contributed by atoms with Crippen LogP contribution in [-0.4, -0.2) is 32.7 Å². The minimum Gasteiger partial charge on any atom is -0.340 e. The van der Waals surface area contributed by atoms with Crippen molar-refractivity contribution in [2.24, 2.45) is 0 Å². The van der Waals surface area contributed by atoms with Gasteiger partial charge in [0, 0.05) is 13.6 Å². The molecule has 0 radical (unpaired) electrons. The lowest BCUT2D eigenvalue weighted by atomic mass is 10.2. The maximum absolute atomic E-state index is 14.6. The number of rotatable bonds is 6. The van der Waals surface area contributed by atoms with Crippen LogP contribution in [0.25, 0.3) is 16.6 Å². The van der Waals surface area contributed by atoms with Crippen LogP contribution in [0.2, 0.25) is 0 Å². The lowest BCUT2D eigenvalue weighted by Gasteiger charge is -2.22. The first-order chi connectivity index (χ1) is 15.8. The number of carbonyl (C=O) groups is 1. The number of hydrogen-bond donors (Lipinski definition) is 0. The van der Waals surface area contributed by atoms with E-state index in [4.69, 9.17) is 0 Å². The van der Waals surface area contributed by atoms with Gasteiger partial charge in [0.05, 0.1) is 21.8 Å². The third kappa shape index (κ3) is 4.80. The Labute approximate surface area is 193 Å². The molecule has 1 heterocycles. The lowest BCUT2D eigenvalue weighted by molar-refractivity contribution is -0.129. The molecule has 0 aliphatic carbocycles. The Morgan fingerprint density at radius 2 is 1.79 bits per heavy atom. The first-order valence-electron chi connectivity index (χ1n) is 10.3. The topological polar surface area (TPSA) is 55.2 Å². The molecule has 1 amide bonds. The van der Waals surface area contributed by atoms with Gasteiger partial charge in [-0.15, -0.1) is 0 Å². The molecule has 33 heavy (non-hydrogen) atoms. The minimum absolute atomic E-state index is 0.0658. The highest BCUT2D eigenvalue weighted by atomic mass is 32.2. The van der Waals surface area contributed by atoms with Gasteiger partial charge in [-0.25, -0.2) is 13.8 Å². The van der Waals surface area contributed by atoms with E-state index < -0.39 is 16.6 Å². The van der Waals surface area contributed by atoms with Gasteiger partial charge in [-0.2, -0.15) is 0 Å². The standard InChI is InChI=1S/C25H21F2N3O2S/c1-16(23(31)29(2)15-17-8-7-9-18(26)14-17)33-25-28-21-12-5-3-10-19(21)24(32)30(25)22-13-6-4-11-20(22)27/h3-14,16H,15H2,1-2H3. The van der Waals surface area contributed by atoms with Gasteiger partial charge in [0.2, 0.25) is 5.91 Å². The van der Waals surface area contributed by atoms with E-state index in [9.17, 15) is 18.4 Å². The molecule has 1 aromatic heterocycles. The van der Waals surface area contributed by atoms with Gasteiger partial charge in [-0.3, -0.25) is 14.2 Å². The van der Waals surface area contributed by atoms with Crippen LogP contribution in [0, 0.1) is 11.6 Å². The molecular weight excluding hydrogens is 444 g/mol. The number of halogens is 2. The van der Waals surface area contributed by atoms with Gasteiger partial charge in [0.25, 0.3) is 5.56 Å². The predicted molar refractivity (Wildman–Crippen MR) is 125 cm³/mol. The SMILES string of the molecule is CC(Sc1nc2ccccc2c(=O)n1-c1ccccc1F)C(=O)N(C)Cc1cccc(F)c1. The first-order valence-corrected chi connectivity index (χ1v) is 11.2. The third-order valence-corrected chi connectivity index (χ3v) is 6.19. The molecular formula is C25H21F2N3O2S. The van der Waals surface area contributed by atoms with Crippen molar-refractivity contribution in [2.75, 3.05) is 7.05 Å². The van der Waals surface area contributed by atoms with E-state index in [0.29, 0.717) is 16.5 Å². The Kier molecular flexibility index (Phi) is 6.55. The van der Waals surface area contributed by atoms with E-state index in [1.165, 1.54) is 33.7 Å². The van der Waals surface area contributed by atoms with E-state index in [1.807, 2.05) is 0 Å². The third-order valence-electron chi connectivity index (χ3n) is 5.15. The van der Waals surface area contributed by atoms with Crippen LogP contribution in [0.15, 0.2) is 82.7 Å². The van der Waals surface area contributed by atoms with Gasteiger partial charge in [0.15, 0.2) is 5.16 Å². The molecule has 3 aromatic carbocycles. The molecule has 4 rings (SSSR count). The highest BCUT2D eigenvalue weighted by molar-refractivity contribution is 8.00. The Bertz CT molecular complexity index is 1390. The van der Waals surface area contributed by atoms with Crippen LogP contribution < -0.4 is 5.56 Å². The smallest absolute Gasteiger partial charge is 0.266 e. The van der Waals surface area contributed by atoms with Crippen LogP contribution in [0.1, 0.15) is 12.5 Å². The van der Waals surface area contributed by atoms with Crippen molar-refractivity contribution in [2.45, 2.75) is 23.9 Å². The number of carbonyl (C=O) groups excluding carboxylic acids is 1. The van der Waals surface area contributed by atoms with Crippen molar-refractivity contribution in [3.8, 4) is 5.69 Å². The monoisotopic (exact) mass is 465 g/mol. The molecule has 0 saturated heterocycles. The van der Waals surface area contributed by atoms with Crippen LogP contribution in [0.3, 0.4) is 0 Å². The molecule has 0 bridgehead atoms. The average Bonchev–Trinajstić information content (AvgIpc) is 2.79. The number of fused-ring (bicyclic) bond motifs is 1. The Morgan fingerprint density at radius 3 is 2.55 bits per heavy atom. The molecule has 0 aliphatic rings. The largest absolute Gasteiger partial charge is 0.340 e. The average molecular weight is 466 g/mol. The van der Waals surface area contributed by atoms with Crippen LogP contribution >= 0.6 is 11.8 Å². The molecule has 0 fully saturated rings. The van der Waals surface area contributed by atoms with E-state index in [-0.39, 0.29) is 29.1 Å². The molecule has 1 unspecified atom stereocenters. The number of para-hydroxylation sites is 2. The summed E-state index contributed by atoms with van der Waals surface area (Å²) >= 11 is 1.07. The molecule has 168 valence electrons. The number of nitrogens with zero attached hydrogens (tertiary/aromatic N) is 3. The fourth-order valence-corrected chi connectivity index (χ4v) is 4.58. The molecule has 1 atom stereocenters. The van der Waals surface area contributed by atoms with Crippen molar-refractivity contribution in [3.63, 3.8) is 0 Å². The molecule has 0 N–H and O–H groups in total. The molecule has 4 aromatic rings. The maximum Gasteiger partial charge on any atom is 0.266 e. The summed E-state index contributed by atoms with van der Waals surface area (Å²) in [7, 11) is 1.63. The van der Waals surface area contributed by atoms with Crippen LogP contribution in [-0.2, 0) is 11.3 Å². The van der Waals surface area contributed by atoms with Crippen LogP contribution in [0.5, 0.6) is 0 Å². The number of thioether (sulfide) groups is 1. The van der Waals surface area contributed by atoms with E-state index in [1.54, 1.807) is 62.5 Å². The second-order valence-corrected chi connectivity index (χ2v) is 8.90. The number of hydrogen-bond acceptors (Lipinski definition) is 4. The quantitative estimate of drug-likeness (QED) is 0.303. The zero-order valence-corrected chi connectivity index (χ0v) is 18.9. The highest BCUT2D eigenvalue weighted by Crippen LogP contribution is 2.27.